The van der Waals surface area contributed by atoms with Gasteiger partial charge in [0.1, 0.15) is 5.69 Å². The minimum atomic E-state index is -0.651. The van der Waals surface area contributed by atoms with Crippen LogP contribution in [0.25, 0.3) is 0 Å². The van der Waals surface area contributed by atoms with Gasteiger partial charge in [-0.3, -0.25) is 0 Å². The van der Waals surface area contributed by atoms with Crippen molar-refractivity contribution in [3.8, 4) is 0 Å². The number of hydrogen-bond acceptors (Lipinski definition) is 2. The van der Waals surface area contributed by atoms with Gasteiger partial charge in [-0.1, -0.05) is 30.3 Å². The highest BCUT2D eigenvalue weighted by atomic mass is 19.1. The number of hydrogen-bond donors (Lipinski definition) is 2. The summed E-state index contributed by atoms with van der Waals surface area (Å²) in [4.78, 5) is 13.6. The molecule has 0 aromatic heterocycles. The standard InChI is InChI=1S/C19H21F2N3O/c20-16-12-15(13-17(21)18(16)24-10-4-5-11-24)23-19(25)22-9-8-14-6-2-1-3-7-14/h1-3,6-7,12-13H,4-5,8-11H2,(H2,22,23,25). The summed E-state index contributed by atoms with van der Waals surface area (Å²) in [5.74, 6) is -1.30. The number of rotatable bonds is 5. The monoisotopic (exact) mass is 345 g/mol. The van der Waals surface area contributed by atoms with Crippen molar-refractivity contribution in [2.75, 3.05) is 29.9 Å². The highest BCUT2D eigenvalue weighted by Gasteiger charge is 2.21. The zero-order valence-corrected chi connectivity index (χ0v) is 13.9. The van der Waals surface area contributed by atoms with Gasteiger partial charge in [0.05, 0.1) is 0 Å². The quantitative estimate of drug-likeness (QED) is 0.862. The van der Waals surface area contributed by atoms with Crippen molar-refractivity contribution in [3.63, 3.8) is 0 Å². The Morgan fingerprint density at radius 2 is 1.68 bits per heavy atom. The molecule has 2 N–H and O–H groups in total. The molecule has 0 spiro atoms. The third-order valence-corrected chi connectivity index (χ3v) is 4.24. The summed E-state index contributed by atoms with van der Waals surface area (Å²) in [7, 11) is 0. The van der Waals surface area contributed by atoms with Gasteiger partial charge in [0.25, 0.3) is 0 Å². The van der Waals surface area contributed by atoms with Crippen molar-refractivity contribution in [2.45, 2.75) is 19.3 Å². The van der Waals surface area contributed by atoms with Crippen molar-refractivity contribution in [2.24, 2.45) is 0 Å². The van der Waals surface area contributed by atoms with E-state index in [1.165, 1.54) is 0 Å². The van der Waals surface area contributed by atoms with Crippen LogP contribution >= 0.6 is 0 Å². The Morgan fingerprint density at radius 1 is 1.04 bits per heavy atom. The summed E-state index contributed by atoms with van der Waals surface area (Å²) in [5, 5.41) is 5.16. The largest absolute Gasteiger partial charge is 0.367 e. The molecular formula is C19H21F2N3O. The van der Waals surface area contributed by atoms with Crippen LogP contribution in [0.5, 0.6) is 0 Å². The second kappa shape index (κ2) is 7.96. The molecule has 0 radical (unpaired) electrons. The van der Waals surface area contributed by atoms with Gasteiger partial charge in [-0.2, -0.15) is 0 Å². The van der Waals surface area contributed by atoms with Crippen molar-refractivity contribution in [3.05, 3.63) is 59.7 Å². The van der Waals surface area contributed by atoms with Gasteiger partial charge in [-0.15, -0.1) is 0 Å². The van der Waals surface area contributed by atoms with Crippen LogP contribution in [0.1, 0.15) is 18.4 Å². The van der Waals surface area contributed by atoms with Gasteiger partial charge in [0.2, 0.25) is 0 Å². The molecule has 2 aromatic rings. The van der Waals surface area contributed by atoms with Gasteiger partial charge in [-0.25, -0.2) is 13.6 Å². The molecule has 1 heterocycles. The second-order valence-electron chi connectivity index (χ2n) is 6.10. The van der Waals surface area contributed by atoms with Crippen molar-refractivity contribution in [1.82, 2.24) is 5.32 Å². The number of urea groups is 1. The Balaban J connectivity index is 1.56. The SMILES string of the molecule is O=C(NCCc1ccccc1)Nc1cc(F)c(N2CCCC2)c(F)c1. The Kier molecular flexibility index (Phi) is 5.48. The van der Waals surface area contributed by atoms with Crippen molar-refractivity contribution in [1.29, 1.82) is 0 Å². The first-order valence-corrected chi connectivity index (χ1v) is 8.46. The Morgan fingerprint density at radius 3 is 2.32 bits per heavy atom. The van der Waals surface area contributed by atoms with Gasteiger partial charge >= 0.3 is 6.03 Å². The normalized spacial score (nSPS) is 13.8. The zero-order chi connectivity index (χ0) is 17.6. The van der Waals surface area contributed by atoms with Crippen LogP contribution in [0.3, 0.4) is 0 Å². The molecular weight excluding hydrogens is 324 g/mol. The van der Waals surface area contributed by atoms with Crippen molar-refractivity contribution >= 4 is 17.4 Å². The van der Waals surface area contributed by atoms with Crippen LogP contribution in [0.15, 0.2) is 42.5 Å². The van der Waals surface area contributed by atoms with Crippen LogP contribution in [-0.2, 0) is 6.42 Å². The van der Waals surface area contributed by atoms with E-state index in [0.29, 0.717) is 26.1 Å². The minimum Gasteiger partial charge on any atom is -0.367 e. The fraction of sp³-hybridized carbons (Fsp3) is 0.316. The topological polar surface area (TPSA) is 44.4 Å². The van der Waals surface area contributed by atoms with Crippen LogP contribution in [0.2, 0.25) is 0 Å². The van der Waals surface area contributed by atoms with Gasteiger partial charge < -0.3 is 15.5 Å². The lowest BCUT2D eigenvalue weighted by Crippen LogP contribution is -2.30. The number of carbonyl (C=O) groups is 1. The minimum absolute atomic E-state index is 0.00691. The lowest BCUT2D eigenvalue weighted by atomic mass is 10.1. The number of halogens is 2. The lowest BCUT2D eigenvalue weighted by Gasteiger charge is -2.20. The molecule has 6 heteroatoms. The molecule has 1 fully saturated rings. The van der Waals surface area contributed by atoms with E-state index in [4.69, 9.17) is 0 Å². The first-order chi connectivity index (χ1) is 12.1. The van der Waals surface area contributed by atoms with Gasteiger partial charge in [-0.05, 0) is 37.0 Å². The predicted octanol–water partition coefficient (Wildman–Crippen LogP) is 3.93. The molecule has 1 saturated heterocycles. The van der Waals surface area contributed by atoms with Gasteiger partial charge in [0, 0.05) is 25.3 Å². The number of carbonyl (C=O) groups excluding carboxylic acids is 1. The smallest absolute Gasteiger partial charge is 0.319 e. The number of amides is 2. The number of nitrogens with zero attached hydrogens (tertiary/aromatic N) is 1. The zero-order valence-electron chi connectivity index (χ0n) is 13.9. The average molecular weight is 345 g/mol. The highest BCUT2D eigenvalue weighted by Crippen LogP contribution is 2.29. The van der Waals surface area contributed by atoms with Crippen LogP contribution in [0, 0.1) is 11.6 Å². The van der Waals surface area contributed by atoms with E-state index >= 15 is 0 Å². The Bertz CT molecular complexity index is 708. The molecule has 3 rings (SSSR count). The fourth-order valence-electron chi connectivity index (χ4n) is 3.02. The molecule has 2 amide bonds. The number of nitrogens with one attached hydrogen (secondary N) is 2. The van der Waals surface area contributed by atoms with Crippen molar-refractivity contribution < 1.29 is 13.6 Å². The van der Waals surface area contributed by atoms with E-state index in [1.807, 2.05) is 30.3 Å². The Hall–Kier alpha value is -2.63. The van der Waals surface area contributed by atoms with E-state index in [2.05, 4.69) is 10.6 Å². The third-order valence-electron chi connectivity index (χ3n) is 4.24. The van der Waals surface area contributed by atoms with Crippen LogP contribution < -0.4 is 15.5 Å². The maximum absolute atomic E-state index is 14.2. The average Bonchev–Trinajstić information content (AvgIpc) is 3.09. The third kappa shape index (κ3) is 4.47. The maximum atomic E-state index is 14.2. The number of benzene rings is 2. The lowest BCUT2D eigenvalue weighted by molar-refractivity contribution is 0.252. The summed E-state index contributed by atoms with van der Waals surface area (Å²) in [5.41, 5.74) is 1.21. The van der Waals surface area contributed by atoms with E-state index < -0.39 is 17.7 Å². The molecule has 4 nitrogen and oxygen atoms in total. The summed E-state index contributed by atoms with van der Waals surface area (Å²) in [6, 6.07) is 11.6. The molecule has 25 heavy (non-hydrogen) atoms. The second-order valence-corrected chi connectivity index (χ2v) is 6.10. The highest BCUT2D eigenvalue weighted by molar-refractivity contribution is 5.89. The molecule has 1 aliphatic rings. The summed E-state index contributed by atoms with van der Waals surface area (Å²) in [6.45, 7) is 1.74. The molecule has 0 bridgehead atoms. The van der Waals surface area contributed by atoms with Crippen LogP contribution in [-0.4, -0.2) is 25.7 Å². The van der Waals surface area contributed by atoms with Crippen LogP contribution in [0.4, 0.5) is 25.0 Å². The van der Waals surface area contributed by atoms with Gasteiger partial charge in [0.15, 0.2) is 11.6 Å². The predicted molar refractivity (Wildman–Crippen MR) is 95.0 cm³/mol. The molecule has 0 aliphatic carbocycles. The molecule has 1 aliphatic heterocycles. The Labute approximate surface area is 145 Å². The molecule has 2 aromatic carbocycles. The summed E-state index contributed by atoms with van der Waals surface area (Å²) in [6.07, 6.45) is 2.55. The van der Waals surface area contributed by atoms with E-state index in [9.17, 15) is 13.6 Å². The number of anilines is 2. The first kappa shape index (κ1) is 17.2. The van der Waals surface area contributed by atoms with E-state index in [0.717, 1.165) is 30.5 Å². The summed E-state index contributed by atoms with van der Waals surface area (Å²) < 4.78 is 28.5. The first-order valence-electron chi connectivity index (χ1n) is 8.46. The molecule has 132 valence electrons. The molecule has 0 saturated carbocycles. The molecule has 0 unspecified atom stereocenters. The van der Waals surface area contributed by atoms with E-state index in [-0.39, 0.29) is 11.4 Å². The maximum Gasteiger partial charge on any atom is 0.319 e. The summed E-state index contributed by atoms with van der Waals surface area (Å²) >= 11 is 0. The van der Waals surface area contributed by atoms with E-state index in [1.54, 1.807) is 4.90 Å². The molecule has 0 atom stereocenters. The fourth-order valence-corrected chi connectivity index (χ4v) is 3.02.